The van der Waals surface area contributed by atoms with Gasteiger partial charge in [0.05, 0.1) is 18.4 Å². The second kappa shape index (κ2) is 15.7. The lowest BCUT2D eigenvalue weighted by Crippen LogP contribution is -2.69. The topological polar surface area (TPSA) is 226 Å². The molecule has 45 heavy (non-hydrogen) atoms. The summed E-state index contributed by atoms with van der Waals surface area (Å²) in [4.78, 5) is 51.6. The summed E-state index contributed by atoms with van der Waals surface area (Å²) >= 11 is 0. The van der Waals surface area contributed by atoms with Crippen molar-refractivity contribution in [3.63, 3.8) is 0 Å². The molecule has 1 aliphatic heterocycles. The number of guanidine groups is 1. The molecule has 0 spiro atoms. The molecule has 4 atom stereocenters. The van der Waals surface area contributed by atoms with Crippen molar-refractivity contribution in [3.8, 4) is 0 Å². The highest BCUT2D eigenvalue weighted by Crippen LogP contribution is 2.40. The van der Waals surface area contributed by atoms with E-state index in [0.29, 0.717) is 31.2 Å². The van der Waals surface area contributed by atoms with E-state index in [4.69, 9.17) is 31.5 Å². The van der Waals surface area contributed by atoms with Crippen LogP contribution in [0.15, 0.2) is 47.4 Å². The van der Waals surface area contributed by atoms with Crippen LogP contribution in [0, 0.1) is 17.2 Å². The number of rotatable bonds is 11. The summed E-state index contributed by atoms with van der Waals surface area (Å²) in [5, 5.41) is 16.9. The Morgan fingerprint density at radius 3 is 2.31 bits per heavy atom. The maximum absolute atomic E-state index is 14.1. The number of piperidine rings is 1. The number of carboxylic acids is 1. The van der Waals surface area contributed by atoms with Crippen molar-refractivity contribution in [2.45, 2.75) is 62.9 Å². The number of benzene rings is 2. The first kappa shape index (κ1) is 36.9. The number of primary amides is 1. The van der Waals surface area contributed by atoms with E-state index in [2.05, 4.69) is 4.72 Å². The first-order valence-corrected chi connectivity index (χ1v) is 15.9. The molecular formula is C30H44N6O8S. The number of hydrogen-bond acceptors (Lipinski definition) is 8. The lowest BCUT2D eigenvalue weighted by Gasteiger charge is -2.51. The van der Waals surface area contributed by atoms with Gasteiger partial charge in [-0.2, -0.15) is 4.72 Å². The number of methoxy groups -OCH3 is 1. The Hall–Kier alpha value is -4.24. The number of nitrogens with two attached hydrogens (primary N) is 2. The molecule has 248 valence electrons. The molecule has 1 aliphatic rings. The van der Waals surface area contributed by atoms with Gasteiger partial charge in [-0.25, -0.2) is 13.2 Å². The summed E-state index contributed by atoms with van der Waals surface area (Å²) in [5.41, 5.74) is 9.69. The monoisotopic (exact) mass is 648 g/mol. The van der Waals surface area contributed by atoms with Gasteiger partial charge in [-0.05, 0) is 41.7 Å². The zero-order valence-electron chi connectivity index (χ0n) is 26.3. The fourth-order valence-corrected chi connectivity index (χ4v) is 7.15. The molecule has 3 rings (SSSR count). The Labute approximate surface area is 263 Å². The molecule has 0 aromatic heterocycles. The minimum Gasteiger partial charge on any atom is -0.481 e. The van der Waals surface area contributed by atoms with E-state index < -0.39 is 63.6 Å². The van der Waals surface area contributed by atoms with Crippen LogP contribution < -0.4 is 16.2 Å². The molecule has 1 saturated heterocycles. The van der Waals surface area contributed by atoms with E-state index in [1.54, 1.807) is 23.1 Å². The fraction of sp³-hybridized carbons (Fsp3) is 0.500. The summed E-state index contributed by atoms with van der Waals surface area (Å²) in [6.45, 7) is 5.51. The number of carbonyl (C=O) groups is 4. The van der Waals surface area contributed by atoms with Crippen molar-refractivity contribution in [1.29, 1.82) is 5.41 Å². The summed E-state index contributed by atoms with van der Waals surface area (Å²) in [5.74, 6) is -4.30. The van der Waals surface area contributed by atoms with Gasteiger partial charge in [0.15, 0.2) is 5.96 Å². The molecule has 2 aromatic rings. The molecular weight excluding hydrogens is 604 g/mol. The van der Waals surface area contributed by atoms with Crippen LogP contribution in [-0.2, 0) is 33.9 Å². The van der Waals surface area contributed by atoms with Crippen molar-refractivity contribution in [3.05, 3.63) is 42.5 Å². The molecule has 0 aliphatic carbocycles. The Bertz CT molecular complexity index is 1510. The number of aliphatic carboxylic acids is 1. The lowest BCUT2D eigenvalue weighted by molar-refractivity contribution is -0.172. The van der Waals surface area contributed by atoms with Crippen LogP contribution in [0.25, 0.3) is 10.8 Å². The number of sulfonamides is 1. The highest BCUT2D eigenvalue weighted by molar-refractivity contribution is 7.89. The van der Waals surface area contributed by atoms with Crippen molar-refractivity contribution in [1.82, 2.24) is 14.5 Å². The van der Waals surface area contributed by atoms with Gasteiger partial charge in [0.1, 0.15) is 11.6 Å². The molecule has 1 heterocycles. The summed E-state index contributed by atoms with van der Waals surface area (Å²) in [7, 11) is -1.65. The highest BCUT2D eigenvalue weighted by Gasteiger charge is 2.56. The van der Waals surface area contributed by atoms with Crippen molar-refractivity contribution >= 4 is 50.5 Å². The first-order chi connectivity index (χ1) is 21.0. The van der Waals surface area contributed by atoms with Gasteiger partial charge in [0, 0.05) is 33.0 Å². The number of likely N-dealkylation sites (N-methyl/N-ethyl adjacent to an activating group) is 1. The van der Waals surface area contributed by atoms with Gasteiger partial charge < -0.3 is 31.1 Å². The second-order valence-corrected chi connectivity index (χ2v) is 12.8. The molecule has 0 saturated carbocycles. The van der Waals surface area contributed by atoms with Crippen molar-refractivity contribution in [2.24, 2.45) is 23.3 Å². The average molecular weight is 649 g/mol. The fourth-order valence-electron chi connectivity index (χ4n) is 5.93. The van der Waals surface area contributed by atoms with E-state index in [-0.39, 0.29) is 17.4 Å². The number of fused-ring (bicyclic) bond motifs is 1. The smallest absolute Gasteiger partial charge is 0.332 e. The lowest BCUT2D eigenvalue weighted by atomic mass is 9.69. The zero-order valence-corrected chi connectivity index (χ0v) is 27.1. The number of likely N-dealkylation sites (tertiary alicyclic amines) is 1. The molecule has 7 N–H and O–H groups in total. The number of hydrogen-bond donors (Lipinski definition) is 5. The maximum Gasteiger partial charge on any atom is 0.332 e. The Kier molecular flexibility index (Phi) is 12.9. The molecule has 15 heteroatoms. The summed E-state index contributed by atoms with van der Waals surface area (Å²) in [6.07, 6.45) is 0.996. The molecule has 14 nitrogen and oxygen atoms in total. The second-order valence-electron chi connectivity index (χ2n) is 11.1. The van der Waals surface area contributed by atoms with Crippen LogP contribution in [0.4, 0.5) is 0 Å². The average Bonchev–Trinajstić information content (AvgIpc) is 2.99. The van der Waals surface area contributed by atoms with Gasteiger partial charge in [0.2, 0.25) is 21.8 Å². The minimum absolute atomic E-state index is 0.0911. The standard InChI is InChI=1S/C28H40N6O6S.C2H4O2/c1-5-18(2)28(26(37)40-4,21-11-8-14-34(17-21)27(30)31)33(3)25(36)23(16-24(29)35)32-41(38,39)22-13-12-19-9-6-7-10-20(19)15-22;1-2(3)4/h6-7,9-10,12-13,15,18,21,23,32H,5,8,11,14,16-17H2,1-4H3,(H2,29,35)(H3,30,31);1H3,(H,3,4)/t18-,21-,23-,28-;/m0./s1. The third kappa shape index (κ3) is 8.69. The largest absolute Gasteiger partial charge is 0.481 e. The zero-order chi connectivity index (χ0) is 34.1. The van der Waals surface area contributed by atoms with E-state index >= 15 is 0 Å². The predicted molar refractivity (Wildman–Crippen MR) is 168 cm³/mol. The number of carbonyl (C=O) groups excluding carboxylic acids is 3. The predicted octanol–water partition coefficient (Wildman–Crippen LogP) is 1.47. The number of esters is 1. The van der Waals surface area contributed by atoms with E-state index in [1.807, 2.05) is 26.0 Å². The Morgan fingerprint density at radius 2 is 1.78 bits per heavy atom. The van der Waals surface area contributed by atoms with Crippen LogP contribution in [-0.4, -0.2) is 91.9 Å². The third-order valence-electron chi connectivity index (χ3n) is 8.18. The van der Waals surface area contributed by atoms with Crippen LogP contribution in [0.1, 0.15) is 46.5 Å². The maximum atomic E-state index is 14.1. The van der Waals surface area contributed by atoms with Gasteiger partial charge in [0.25, 0.3) is 5.97 Å². The third-order valence-corrected chi connectivity index (χ3v) is 9.65. The summed E-state index contributed by atoms with van der Waals surface area (Å²) in [6, 6.07) is 10.2. The molecule has 0 bridgehead atoms. The van der Waals surface area contributed by atoms with Crippen LogP contribution in [0.2, 0.25) is 0 Å². The normalized spacial score (nSPS) is 17.5. The molecule has 0 radical (unpaired) electrons. The van der Waals surface area contributed by atoms with Gasteiger partial charge in [-0.3, -0.25) is 19.8 Å². The van der Waals surface area contributed by atoms with Crippen molar-refractivity contribution < 1.29 is 37.4 Å². The van der Waals surface area contributed by atoms with Crippen molar-refractivity contribution in [2.75, 3.05) is 27.2 Å². The van der Waals surface area contributed by atoms with Crippen LogP contribution >= 0.6 is 0 Å². The molecule has 2 amide bonds. The van der Waals surface area contributed by atoms with E-state index in [9.17, 15) is 22.8 Å². The molecule has 0 unspecified atom stereocenters. The first-order valence-electron chi connectivity index (χ1n) is 14.5. The SMILES string of the molecule is CC(=O)O.CC[C@H](C)[C@@](C(=O)OC)([C@H]1CCCN(C(=N)N)C1)N(C)C(=O)[C@H](CC(N)=O)NS(=O)(=O)c1ccc2ccccc2c1. The molecule has 1 fully saturated rings. The Morgan fingerprint density at radius 1 is 1.18 bits per heavy atom. The van der Waals surface area contributed by atoms with E-state index in [1.165, 1.54) is 31.2 Å². The van der Waals surface area contributed by atoms with Crippen LogP contribution in [0.3, 0.4) is 0 Å². The number of nitrogens with one attached hydrogen (secondary N) is 2. The number of carboxylic acid groups (broad SMARTS) is 1. The minimum atomic E-state index is -4.29. The Balaban J connectivity index is 0.00000166. The number of nitrogens with zero attached hydrogens (tertiary/aromatic N) is 2. The number of ether oxygens (including phenoxy) is 1. The summed E-state index contributed by atoms with van der Waals surface area (Å²) < 4.78 is 34.6. The molecule has 2 aromatic carbocycles. The quantitative estimate of drug-likeness (QED) is 0.134. The highest BCUT2D eigenvalue weighted by atomic mass is 32.2. The van der Waals surface area contributed by atoms with Gasteiger partial charge in [-0.15, -0.1) is 0 Å². The number of amides is 2. The van der Waals surface area contributed by atoms with Gasteiger partial charge in [-0.1, -0.05) is 50.6 Å². The van der Waals surface area contributed by atoms with Crippen LogP contribution in [0.5, 0.6) is 0 Å². The van der Waals surface area contributed by atoms with E-state index in [0.717, 1.165) is 12.3 Å². The van der Waals surface area contributed by atoms with Gasteiger partial charge >= 0.3 is 5.97 Å².